The Hall–Kier alpha value is -1.93. The van der Waals surface area contributed by atoms with Gasteiger partial charge < -0.3 is 10.1 Å². The van der Waals surface area contributed by atoms with Gasteiger partial charge in [0, 0.05) is 19.1 Å². The Labute approximate surface area is 191 Å². The van der Waals surface area contributed by atoms with Gasteiger partial charge in [0.15, 0.2) is 6.61 Å². The highest BCUT2D eigenvalue weighted by atomic mass is 32.2. The number of hydrogen-bond acceptors (Lipinski definition) is 5. The molecule has 1 amide bonds. The molecule has 2 atom stereocenters. The van der Waals surface area contributed by atoms with Crippen molar-refractivity contribution in [2.24, 2.45) is 11.8 Å². The van der Waals surface area contributed by atoms with Crippen molar-refractivity contribution >= 4 is 21.9 Å². The Bertz CT molecular complexity index is 889. The molecule has 0 spiro atoms. The summed E-state index contributed by atoms with van der Waals surface area (Å²) in [7, 11) is -3.58. The van der Waals surface area contributed by atoms with Crippen molar-refractivity contribution in [3.05, 3.63) is 29.8 Å². The van der Waals surface area contributed by atoms with Crippen molar-refractivity contribution in [2.45, 2.75) is 76.2 Å². The Morgan fingerprint density at radius 1 is 1.06 bits per heavy atom. The summed E-state index contributed by atoms with van der Waals surface area (Å²) in [5, 5.41) is 2.98. The number of ether oxygens (including phenoxy) is 1. The number of rotatable bonds is 7. The molecule has 1 aliphatic heterocycles. The van der Waals surface area contributed by atoms with Gasteiger partial charge in [0.2, 0.25) is 10.0 Å². The molecule has 1 aliphatic carbocycles. The van der Waals surface area contributed by atoms with Crippen molar-refractivity contribution in [1.29, 1.82) is 0 Å². The van der Waals surface area contributed by atoms with Crippen LogP contribution in [0.4, 0.5) is 0 Å². The Morgan fingerprint density at radius 2 is 1.69 bits per heavy atom. The molecule has 3 rings (SSSR count). The van der Waals surface area contributed by atoms with Crippen molar-refractivity contribution in [1.82, 2.24) is 9.62 Å². The average Bonchev–Trinajstić information content (AvgIpc) is 2.79. The Kier molecular flexibility index (Phi) is 8.33. The summed E-state index contributed by atoms with van der Waals surface area (Å²) in [6, 6.07) is 7.15. The number of sulfonamides is 1. The molecule has 1 aromatic rings. The van der Waals surface area contributed by atoms with Crippen LogP contribution in [-0.4, -0.2) is 50.3 Å². The van der Waals surface area contributed by atoms with Gasteiger partial charge >= 0.3 is 5.97 Å². The lowest BCUT2D eigenvalue weighted by atomic mass is 9.86. The molecule has 0 aromatic heterocycles. The first-order chi connectivity index (χ1) is 15.2. The number of amides is 1. The zero-order chi connectivity index (χ0) is 23.3. The maximum atomic E-state index is 12.9. The van der Waals surface area contributed by atoms with Crippen molar-refractivity contribution in [2.75, 3.05) is 19.7 Å². The van der Waals surface area contributed by atoms with E-state index in [2.05, 4.69) is 26.1 Å². The van der Waals surface area contributed by atoms with Crippen LogP contribution in [0.5, 0.6) is 0 Å². The van der Waals surface area contributed by atoms with E-state index in [1.54, 1.807) is 12.1 Å². The smallest absolute Gasteiger partial charge is 0.309 e. The fourth-order valence-electron chi connectivity index (χ4n) is 4.54. The summed E-state index contributed by atoms with van der Waals surface area (Å²) < 4.78 is 32.5. The molecule has 2 fully saturated rings. The predicted molar refractivity (Wildman–Crippen MR) is 123 cm³/mol. The number of esters is 1. The van der Waals surface area contributed by atoms with Crippen LogP contribution in [0.15, 0.2) is 29.2 Å². The largest absolute Gasteiger partial charge is 0.455 e. The minimum absolute atomic E-state index is 0.151. The third-order valence-corrected chi connectivity index (χ3v) is 8.69. The number of carbonyl (C=O) groups excluding carboxylic acids is 2. The van der Waals surface area contributed by atoms with Crippen LogP contribution in [0.1, 0.15) is 70.8 Å². The number of nitrogens with zero attached hydrogens (tertiary/aromatic N) is 1. The molecule has 32 heavy (non-hydrogen) atoms. The molecular weight excluding hydrogens is 428 g/mol. The van der Waals surface area contributed by atoms with Crippen molar-refractivity contribution in [3.8, 4) is 0 Å². The van der Waals surface area contributed by atoms with Gasteiger partial charge in [-0.05, 0) is 55.2 Å². The highest BCUT2D eigenvalue weighted by molar-refractivity contribution is 7.89. The van der Waals surface area contributed by atoms with E-state index >= 15 is 0 Å². The molecule has 178 valence electrons. The van der Waals surface area contributed by atoms with Crippen LogP contribution in [0.25, 0.3) is 0 Å². The molecule has 2 unspecified atom stereocenters. The highest BCUT2D eigenvalue weighted by Crippen LogP contribution is 2.26. The van der Waals surface area contributed by atoms with Gasteiger partial charge in [-0.3, -0.25) is 9.59 Å². The quantitative estimate of drug-likeness (QED) is 0.624. The number of carbonyl (C=O) groups is 2. The second kappa shape index (κ2) is 10.8. The summed E-state index contributed by atoms with van der Waals surface area (Å²) in [5.74, 6) is -0.291. The molecule has 8 heteroatoms. The fraction of sp³-hybridized carbons (Fsp3) is 0.667. The summed E-state index contributed by atoms with van der Waals surface area (Å²) in [6.45, 7) is 6.51. The zero-order valence-electron chi connectivity index (χ0n) is 19.4. The SMILES string of the molecule is CC(C)c1ccc(S(=O)(=O)N2CCC(C(=O)OCC(=O)NC3CCCCC3C)CC2)cc1. The molecule has 1 aromatic carbocycles. The monoisotopic (exact) mass is 464 g/mol. The topological polar surface area (TPSA) is 92.8 Å². The maximum Gasteiger partial charge on any atom is 0.309 e. The van der Waals surface area contributed by atoms with Gasteiger partial charge in [-0.25, -0.2) is 8.42 Å². The average molecular weight is 465 g/mol. The number of benzene rings is 1. The second-order valence-corrected chi connectivity index (χ2v) is 11.4. The third-order valence-electron chi connectivity index (χ3n) is 6.78. The third kappa shape index (κ3) is 6.10. The van der Waals surface area contributed by atoms with E-state index in [1.807, 2.05) is 12.1 Å². The zero-order valence-corrected chi connectivity index (χ0v) is 20.2. The maximum absolute atomic E-state index is 12.9. The van der Waals surface area contributed by atoms with Gasteiger partial charge in [0.05, 0.1) is 10.8 Å². The van der Waals surface area contributed by atoms with Gasteiger partial charge in [-0.1, -0.05) is 45.7 Å². The number of nitrogens with one attached hydrogen (secondary N) is 1. The lowest BCUT2D eigenvalue weighted by Gasteiger charge is -2.30. The van der Waals surface area contributed by atoms with E-state index in [4.69, 9.17) is 4.74 Å². The minimum Gasteiger partial charge on any atom is -0.455 e. The summed E-state index contributed by atoms with van der Waals surface area (Å²) in [5.41, 5.74) is 1.09. The summed E-state index contributed by atoms with van der Waals surface area (Å²) >= 11 is 0. The number of hydrogen-bond donors (Lipinski definition) is 1. The standard InChI is InChI=1S/C24H36N2O5S/c1-17(2)19-8-10-21(11-9-19)32(29,30)26-14-12-20(13-15-26)24(28)31-16-23(27)25-22-7-5-4-6-18(22)3/h8-11,17-18,20,22H,4-7,12-16H2,1-3H3,(H,25,27). The van der Waals surface area contributed by atoms with Crippen molar-refractivity contribution in [3.63, 3.8) is 0 Å². The Morgan fingerprint density at radius 3 is 2.28 bits per heavy atom. The van der Waals surface area contributed by atoms with Crippen LogP contribution in [0.2, 0.25) is 0 Å². The first kappa shape index (κ1) is 24.7. The summed E-state index contributed by atoms with van der Waals surface area (Å²) in [6.07, 6.45) is 5.16. The molecule has 0 radical (unpaired) electrons. The normalized spacial score (nSPS) is 23.1. The van der Waals surface area contributed by atoms with Gasteiger partial charge in [0.25, 0.3) is 5.91 Å². The van der Waals surface area contributed by atoms with Crippen LogP contribution in [0, 0.1) is 11.8 Å². The predicted octanol–water partition coefficient (Wildman–Crippen LogP) is 3.45. The van der Waals surface area contributed by atoms with E-state index in [0.717, 1.165) is 24.8 Å². The first-order valence-corrected chi connectivity index (χ1v) is 13.2. The van der Waals surface area contributed by atoms with E-state index in [0.29, 0.717) is 24.7 Å². The first-order valence-electron chi connectivity index (χ1n) is 11.7. The minimum atomic E-state index is -3.58. The van der Waals surface area contributed by atoms with E-state index < -0.39 is 16.0 Å². The van der Waals surface area contributed by atoms with Crippen LogP contribution in [-0.2, 0) is 24.3 Å². The lowest BCUT2D eigenvalue weighted by Crippen LogP contribution is -2.44. The van der Waals surface area contributed by atoms with Crippen LogP contribution >= 0.6 is 0 Å². The Balaban J connectivity index is 1.46. The molecular formula is C24H36N2O5S. The van der Waals surface area contributed by atoms with Crippen LogP contribution < -0.4 is 5.32 Å². The van der Waals surface area contributed by atoms with Crippen LogP contribution in [0.3, 0.4) is 0 Å². The molecule has 0 bridgehead atoms. The molecule has 7 nitrogen and oxygen atoms in total. The van der Waals surface area contributed by atoms with E-state index in [-0.39, 0.29) is 42.5 Å². The molecule has 2 aliphatic rings. The molecule has 1 heterocycles. The van der Waals surface area contributed by atoms with Gasteiger partial charge in [-0.2, -0.15) is 4.31 Å². The van der Waals surface area contributed by atoms with Gasteiger partial charge in [-0.15, -0.1) is 0 Å². The lowest BCUT2D eigenvalue weighted by molar-refractivity contribution is -0.154. The number of piperidine rings is 1. The fourth-order valence-corrected chi connectivity index (χ4v) is 6.01. The van der Waals surface area contributed by atoms with Crippen molar-refractivity contribution < 1.29 is 22.7 Å². The molecule has 1 saturated carbocycles. The van der Waals surface area contributed by atoms with Gasteiger partial charge in [0.1, 0.15) is 0 Å². The molecule has 1 saturated heterocycles. The summed E-state index contributed by atoms with van der Waals surface area (Å²) in [4.78, 5) is 24.9. The molecule has 1 N–H and O–H groups in total. The highest BCUT2D eigenvalue weighted by Gasteiger charge is 2.33. The second-order valence-electron chi connectivity index (χ2n) is 9.45. The van der Waals surface area contributed by atoms with E-state index in [9.17, 15) is 18.0 Å². The van der Waals surface area contributed by atoms with E-state index in [1.165, 1.54) is 10.7 Å².